The first-order chi connectivity index (χ1) is 15.4. The van der Waals surface area contributed by atoms with Crippen LogP contribution in [0, 0.1) is 23.2 Å². The molecule has 4 bridgehead atoms. The van der Waals surface area contributed by atoms with Crippen molar-refractivity contribution in [2.45, 2.75) is 51.4 Å². The number of amides is 2. The van der Waals surface area contributed by atoms with Crippen molar-refractivity contribution in [2.24, 2.45) is 23.2 Å². The number of aliphatic hydroxyl groups excluding tert-OH is 1. The average molecular weight is 439 g/mol. The number of hydrogen-bond donors (Lipinski definition) is 2. The average Bonchev–Trinajstić information content (AvgIpc) is 3.17. The molecule has 7 heteroatoms. The van der Waals surface area contributed by atoms with E-state index in [0.717, 1.165) is 24.3 Å². The van der Waals surface area contributed by atoms with Gasteiger partial charge in [0.1, 0.15) is 11.3 Å². The number of carbonyl (C=O) groups is 2. The van der Waals surface area contributed by atoms with Gasteiger partial charge in [0.2, 0.25) is 5.91 Å². The fourth-order valence-electron chi connectivity index (χ4n) is 6.92. The van der Waals surface area contributed by atoms with E-state index in [1.165, 1.54) is 38.5 Å². The zero-order chi connectivity index (χ0) is 22.3. The van der Waals surface area contributed by atoms with Gasteiger partial charge in [-0.25, -0.2) is 4.98 Å². The third-order valence-electron chi connectivity index (χ3n) is 7.97. The van der Waals surface area contributed by atoms with E-state index >= 15 is 0 Å². The molecular weight excluding hydrogens is 404 g/mol. The Morgan fingerprint density at radius 1 is 1.19 bits per heavy atom. The molecule has 0 spiro atoms. The molecule has 2 amide bonds. The van der Waals surface area contributed by atoms with Crippen LogP contribution in [0.25, 0.3) is 5.65 Å². The maximum Gasteiger partial charge on any atom is 0.268 e. The number of hydrogen-bond acceptors (Lipinski definition) is 4. The first kappa shape index (κ1) is 21.4. The molecule has 2 N–H and O–H groups in total. The summed E-state index contributed by atoms with van der Waals surface area (Å²) in [5, 5.41) is 12.2. The Morgan fingerprint density at radius 3 is 2.53 bits per heavy atom. The highest BCUT2D eigenvalue weighted by Gasteiger charge is 2.50. The quantitative estimate of drug-likeness (QED) is 0.663. The van der Waals surface area contributed by atoms with Gasteiger partial charge in [0.25, 0.3) is 5.91 Å². The number of nitrogens with zero attached hydrogens (tertiary/aromatic N) is 3. The molecule has 2 heterocycles. The lowest BCUT2D eigenvalue weighted by Gasteiger charge is -2.56. The highest BCUT2D eigenvalue weighted by molar-refractivity contribution is 5.93. The molecule has 4 aliphatic carbocycles. The monoisotopic (exact) mass is 438 g/mol. The lowest BCUT2D eigenvalue weighted by atomic mass is 9.49. The first-order valence-electron chi connectivity index (χ1n) is 12.0. The molecule has 0 radical (unpaired) electrons. The Bertz CT molecular complexity index is 978. The van der Waals surface area contributed by atoms with Gasteiger partial charge in [-0.2, -0.15) is 0 Å². The van der Waals surface area contributed by atoms with Crippen molar-refractivity contribution in [1.29, 1.82) is 0 Å². The van der Waals surface area contributed by atoms with Crippen LogP contribution in [0.1, 0.15) is 61.1 Å². The van der Waals surface area contributed by atoms with Crippen molar-refractivity contribution in [3.63, 3.8) is 0 Å². The zero-order valence-electron chi connectivity index (χ0n) is 18.9. The molecule has 32 heavy (non-hydrogen) atoms. The van der Waals surface area contributed by atoms with E-state index in [1.807, 2.05) is 18.2 Å². The fraction of sp³-hybridized carbons (Fsp3) is 0.640. The van der Waals surface area contributed by atoms with Crippen LogP contribution in [0.15, 0.2) is 24.4 Å². The van der Waals surface area contributed by atoms with Crippen LogP contribution < -0.4 is 5.32 Å². The van der Waals surface area contributed by atoms with Gasteiger partial charge in [-0.15, -0.1) is 0 Å². The van der Waals surface area contributed by atoms with Gasteiger partial charge < -0.3 is 15.3 Å². The number of nitrogens with one attached hydrogen (secondary N) is 1. The van der Waals surface area contributed by atoms with E-state index in [2.05, 4.69) is 10.3 Å². The van der Waals surface area contributed by atoms with Crippen LogP contribution in [0.4, 0.5) is 0 Å². The highest BCUT2D eigenvalue weighted by atomic mass is 16.3. The van der Waals surface area contributed by atoms with Crippen molar-refractivity contribution in [3.8, 4) is 0 Å². The van der Waals surface area contributed by atoms with Crippen LogP contribution >= 0.6 is 0 Å². The van der Waals surface area contributed by atoms with Gasteiger partial charge in [0, 0.05) is 32.9 Å². The van der Waals surface area contributed by atoms with Crippen LogP contribution in [-0.2, 0) is 11.2 Å². The number of fused-ring (bicyclic) bond motifs is 1. The molecule has 0 saturated heterocycles. The summed E-state index contributed by atoms with van der Waals surface area (Å²) in [5.74, 6) is 2.49. The molecule has 4 fully saturated rings. The van der Waals surface area contributed by atoms with E-state index < -0.39 is 0 Å². The van der Waals surface area contributed by atoms with Crippen LogP contribution in [-0.4, -0.2) is 57.9 Å². The lowest BCUT2D eigenvalue weighted by Crippen LogP contribution is -2.51. The third-order valence-corrected chi connectivity index (χ3v) is 7.97. The number of imidazole rings is 1. The minimum absolute atomic E-state index is 0.0466. The number of pyridine rings is 1. The van der Waals surface area contributed by atoms with Gasteiger partial charge in [0.05, 0.1) is 12.1 Å². The first-order valence-corrected chi connectivity index (χ1v) is 12.0. The summed E-state index contributed by atoms with van der Waals surface area (Å²) < 4.78 is 1.80. The fourth-order valence-corrected chi connectivity index (χ4v) is 6.92. The normalized spacial score (nSPS) is 28.2. The minimum Gasteiger partial charge on any atom is -0.396 e. The Balaban J connectivity index is 1.27. The second-order valence-corrected chi connectivity index (χ2v) is 10.5. The lowest BCUT2D eigenvalue weighted by molar-refractivity contribution is -0.129. The summed E-state index contributed by atoms with van der Waals surface area (Å²) in [7, 11) is 1.73. The number of carbonyl (C=O) groups excluding carboxylic acids is 2. The van der Waals surface area contributed by atoms with Gasteiger partial charge in [-0.05, 0) is 80.2 Å². The molecule has 0 aliphatic heterocycles. The molecule has 0 atom stereocenters. The van der Waals surface area contributed by atoms with Crippen molar-refractivity contribution >= 4 is 17.5 Å². The van der Waals surface area contributed by atoms with Gasteiger partial charge in [-0.3, -0.25) is 14.0 Å². The maximum atomic E-state index is 13.2. The summed E-state index contributed by atoms with van der Waals surface area (Å²) in [6, 6.07) is 5.53. The predicted molar refractivity (Wildman–Crippen MR) is 121 cm³/mol. The van der Waals surface area contributed by atoms with Crippen molar-refractivity contribution in [3.05, 3.63) is 35.8 Å². The molecule has 2 aromatic heterocycles. The number of rotatable bonds is 8. The van der Waals surface area contributed by atoms with E-state index in [0.29, 0.717) is 35.4 Å². The molecule has 0 aromatic carbocycles. The Kier molecular flexibility index (Phi) is 5.70. The van der Waals surface area contributed by atoms with Crippen LogP contribution in [0.5, 0.6) is 0 Å². The summed E-state index contributed by atoms with van der Waals surface area (Å²) in [6.07, 6.45) is 10.5. The highest BCUT2D eigenvalue weighted by Crippen LogP contribution is 2.59. The molecule has 0 unspecified atom stereocenters. The molecule has 6 rings (SSSR count). The standard InChI is InChI=1S/C25H34N4O3/c1-28(6-3-7-30)23(31)11-20-15-29-21(4-2-5-22(29)27-20)24(32)26-16-25-12-17-8-18(13-25)10-19(9-17)14-25/h2,4-5,15,17-19,30H,3,6-14,16H2,1H3,(H,26,32). The van der Waals surface area contributed by atoms with Crippen LogP contribution in [0.3, 0.4) is 0 Å². The van der Waals surface area contributed by atoms with E-state index in [-0.39, 0.29) is 24.8 Å². The number of aromatic nitrogens is 2. The summed E-state index contributed by atoms with van der Waals surface area (Å²) in [6.45, 7) is 1.34. The Labute approximate surface area is 189 Å². The zero-order valence-corrected chi connectivity index (χ0v) is 18.9. The summed E-state index contributed by atoms with van der Waals surface area (Å²) >= 11 is 0. The largest absolute Gasteiger partial charge is 0.396 e. The molecule has 2 aromatic rings. The van der Waals surface area contributed by atoms with Crippen molar-refractivity contribution < 1.29 is 14.7 Å². The van der Waals surface area contributed by atoms with Gasteiger partial charge >= 0.3 is 0 Å². The smallest absolute Gasteiger partial charge is 0.268 e. The SMILES string of the molecule is CN(CCCO)C(=O)Cc1cn2c(C(=O)NCC34CC5CC(CC(C5)C3)C4)cccc2n1. The Morgan fingerprint density at radius 2 is 1.88 bits per heavy atom. The van der Waals surface area contributed by atoms with Crippen LogP contribution in [0.2, 0.25) is 0 Å². The predicted octanol–water partition coefficient (Wildman–Crippen LogP) is 2.66. The Hall–Kier alpha value is -2.41. The second kappa shape index (κ2) is 8.50. The summed E-state index contributed by atoms with van der Waals surface area (Å²) in [5.41, 5.74) is 2.18. The molecule has 4 aliphatic rings. The topological polar surface area (TPSA) is 86.9 Å². The van der Waals surface area contributed by atoms with E-state index in [1.54, 1.807) is 22.5 Å². The summed E-state index contributed by atoms with van der Waals surface area (Å²) in [4.78, 5) is 31.8. The maximum absolute atomic E-state index is 13.2. The molecule has 7 nitrogen and oxygen atoms in total. The van der Waals surface area contributed by atoms with Gasteiger partial charge in [-0.1, -0.05) is 6.07 Å². The molecule has 172 valence electrons. The number of likely N-dealkylation sites (N-methyl/N-ethyl adjacent to an activating group) is 1. The van der Waals surface area contributed by atoms with E-state index in [9.17, 15) is 9.59 Å². The second-order valence-electron chi connectivity index (χ2n) is 10.5. The number of aliphatic hydroxyl groups is 1. The van der Waals surface area contributed by atoms with Gasteiger partial charge in [0.15, 0.2) is 0 Å². The van der Waals surface area contributed by atoms with Crippen molar-refractivity contribution in [1.82, 2.24) is 19.6 Å². The van der Waals surface area contributed by atoms with Crippen molar-refractivity contribution in [2.75, 3.05) is 26.7 Å². The molecule has 4 saturated carbocycles. The third kappa shape index (κ3) is 4.15. The van der Waals surface area contributed by atoms with E-state index in [4.69, 9.17) is 5.11 Å². The molecular formula is C25H34N4O3. The minimum atomic E-state index is -0.0679.